The Bertz CT molecular complexity index is 412. The van der Waals surface area contributed by atoms with Crippen molar-refractivity contribution in [3.63, 3.8) is 0 Å². The van der Waals surface area contributed by atoms with E-state index >= 15 is 0 Å². The van der Waals surface area contributed by atoms with Gasteiger partial charge in [-0.15, -0.1) is 0 Å². The van der Waals surface area contributed by atoms with Gasteiger partial charge in [0, 0.05) is 13.1 Å². The largest absolute Gasteiger partial charge is 0.379 e. The molecular weight excluding hydrogens is 228 g/mol. The monoisotopic (exact) mass is 238 g/mol. The molecule has 0 atom stereocenters. The summed E-state index contributed by atoms with van der Waals surface area (Å²) in [7, 11) is 0. The number of hydrazine groups is 1. The summed E-state index contributed by atoms with van der Waals surface area (Å²) in [5, 5.41) is 11.1. The van der Waals surface area contributed by atoms with Gasteiger partial charge < -0.3 is 10.2 Å². The number of morpholine rings is 1. The quantitative estimate of drug-likeness (QED) is 0.787. The number of pyridine rings is 1. The first-order chi connectivity index (χ1) is 7.78. The lowest BCUT2D eigenvalue weighted by Crippen LogP contribution is -2.40. The van der Waals surface area contributed by atoms with E-state index in [2.05, 4.69) is 10.4 Å². The Balaban J connectivity index is 2.08. The van der Waals surface area contributed by atoms with Gasteiger partial charge in [-0.3, -0.25) is 0 Å². The van der Waals surface area contributed by atoms with Gasteiger partial charge in [0.15, 0.2) is 0 Å². The molecule has 84 valence electrons. The zero-order valence-electron chi connectivity index (χ0n) is 8.61. The van der Waals surface area contributed by atoms with Crippen molar-refractivity contribution < 1.29 is 4.74 Å². The molecule has 2 rings (SSSR count). The lowest BCUT2D eigenvalue weighted by Gasteiger charge is -2.27. The van der Waals surface area contributed by atoms with E-state index in [4.69, 9.17) is 21.6 Å². The zero-order chi connectivity index (χ0) is 11.4. The minimum absolute atomic E-state index is 0.315. The van der Waals surface area contributed by atoms with Crippen LogP contribution in [0.1, 0.15) is 5.56 Å². The summed E-state index contributed by atoms with van der Waals surface area (Å²) >= 11 is 5.80. The molecule has 0 radical (unpaired) electrons. The van der Waals surface area contributed by atoms with Crippen LogP contribution >= 0.6 is 11.6 Å². The molecule has 1 fully saturated rings. The van der Waals surface area contributed by atoms with Gasteiger partial charge in [-0.25, -0.2) is 9.99 Å². The fraction of sp³-hybridized carbons (Fsp3) is 0.400. The van der Waals surface area contributed by atoms with Crippen molar-refractivity contribution in [1.29, 1.82) is 5.26 Å². The molecule has 0 unspecified atom stereocenters. The van der Waals surface area contributed by atoms with Gasteiger partial charge in [-0.05, 0) is 12.1 Å². The van der Waals surface area contributed by atoms with Crippen molar-refractivity contribution in [2.24, 2.45) is 0 Å². The van der Waals surface area contributed by atoms with Crippen molar-refractivity contribution in [2.75, 3.05) is 31.7 Å². The Morgan fingerprint density at radius 3 is 2.88 bits per heavy atom. The first-order valence-corrected chi connectivity index (χ1v) is 5.33. The standard InChI is InChI=1S/C10H11ClN4O/c11-9-5-8(7-12)6-10(13-9)14-15-1-3-16-4-2-15/h5-6H,1-4H2,(H,13,14). The summed E-state index contributed by atoms with van der Waals surface area (Å²) in [5.74, 6) is 0.589. The van der Waals surface area contributed by atoms with Crippen LogP contribution < -0.4 is 5.43 Å². The molecule has 1 aromatic heterocycles. The number of ether oxygens (including phenoxy) is 1. The molecule has 1 aromatic rings. The Hall–Kier alpha value is -1.35. The predicted molar refractivity (Wildman–Crippen MR) is 60.0 cm³/mol. The van der Waals surface area contributed by atoms with E-state index in [9.17, 15) is 0 Å². The molecule has 0 saturated carbocycles. The number of aromatic nitrogens is 1. The molecule has 1 aliphatic rings. The number of nitrogens with zero attached hydrogens (tertiary/aromatic N) is 3. The van der Waals surface area contributed by atoms with Crippen LogP contribution in [0.5, 0.6) is 0 Å². The van der Waals surface area contributed by atoms with Crippen LogP contribution in [0.25, 0.3) is 0 Å². The minimum Gasteiger partial charge on any atom is -0.379 e. The van der Waals surface area contributed by atoms with Crippen molar-refractivity contribution in [1.82, 2.24) is 9.99 Å². The average Bonchev–Trinajstić information content (AvgIpc) is 2.29. The first-order valence-electron chi connectivity index (χ1n) is 4.95. The van der Waals surface area contributed by atoms with Crippen LogP contribution in [-0.4, -0.2) is 36.3 Å². The minimum atomic E-state index is 0.315. The van der Waals surface area contributed by atoms with Gasteiger partial charge in [-0.1, -0.05) is 11.6 Å². The van der Waals surface area contributed by atoms with Crippen molar-refractivity contribution in [3.05, 3.63) is 22.8 Å². The predicted octanol–water partition coefficient (Wildman–Crippen LogP) is 1.27. The maximum atomic E-state index is 8.79. The third-order valence-electron chi connectivity index (χ3n) is 2.21. The molecule has 0 aromatic carbocycles. The van der Waals surface area contributed by atoms with Crippen LogP contribution in [0, 0.1) is 11.3 Å². The summed E-state index contributed by atoms with van der Waals surface area (Å²) < 4.78 is 5.23. The fourth-order valence-electron chi connectivity index (χ4n) is 1.46. The van der Waals surface area contributed by atoms with Gasteiger partial charge in [0.25, 0.3) is 0 Å². The summed E-state index contributed by atoms with van der Waals surface area (Å²) in [6, 6.07) is 5.24. The van der Waals surface area contributed by atoms with E-state index in [-0.39, 0.29) is 0 Å². The third-order valence-corrected chi connectivity index (χ3v) is 2.40. The fourth-order valence-corrected chi connectivity index (χ4v) is 1.66. The van der Waals surface area contributed by atoms with Gasteiger partial charge in [-0.2, -0.15) is 5.26 Å². The van der Waals surface area contributed by atoms with Crippen LogP contribution in [0.4, 0.5) is 5.82 Å². The molecular formula is C10H11ClN4O. The van der Waals surface area contributed by atoms with Gasteiger partial charge in [0.05, 0.1) is 24.8 Å². The molecule has 6 heteroatoms. The smallest absolute Gasteiger partial charge is 0.143 e. The highest BCUT2D eigenvalue weighted by Crippen LogP contribution is 2.14. The molecule has 2 heterocycles. The third kappa shape index (κ3) is 2.83. The second-order valence-corrected chi connectivity index (χ2v) is 3.77. The molecule has 1 aliphatic heterocycles. The topological polar surface area (TPSA) is 61.2 Å². The molecule has 0 aliphatic carbocycles. The van der Waals surface area contributed by atoms with E-state index in [0.29, 0.717) is 29.7 Å². The summed E-state index contributed by atoms with van der Waals surface area (Å²) in [5.41, 5.74) is 3.60. The Morgan fingerprint density at radius 2 is 2.19 bits per heavy atom. The Kier molecular flexibility index (Phi) is 3.57. The highest BCUT2D eigenvalue weighted by molar-refractivity contribution is 6.29. The Labute approximate surface area is 98.6 Å². The van der Waals surface area contributed by atoms with Crippen molar-refractivity contribution in [2.45, 2.75) is 0 Å². The van der Waals surface area contributed by atoms with E-state index < -0.39 is 0 Å². The molecule has 1 saturated heterocycles. The highest BCUT2D eigenvalue weighted by Gasteiger charge is 2.11. The van der Waals surface area contributed by atoms with Gasteiger partial charge >= 0.3 is 0 Å². The lowest BCUT2D eigenvalue weighted by molar-refractivity contribution is 0.0495. The van der Waals surface area contributed by atoms with E-state index in [1.54, 1.807) is 6.07 Å². The molecule has 16 heavy (non-hydrogen) atoms. The van der Waals surface area contributed by atoms with Crippen molar-refractivity contribution >= 4 is 17.4 Å². The molecule has 1 N–H and O–H groups in total. The van der Waals surface area contributed by atoms with Crippen molar-refractivity contribution in [3.8, 4) is 6.07 Å². The summed E-state index contributed by atoms with van der Waals surface area (Å²) in [6.45, 7) is 2.96. The van der Waals surface area contributed by atoms with Crippen LogP contribution in [-0.2, 0) is 4.74 Å². The van der Waals surface area contributed by atoms with Crippen LogP contribution in [0.2, 0.25) is 5.15 Å². The molecule has 0 spiro atoms. The molecule has 5 nitrogen and oxygen atoms in total. The number of hydrogen-bond acceptors (Lipinski definition) is 5. The number of nitrogens with one attached hydrogen (secondary N) is 1. The normalized spacial score (nSPS) is 16.8. The molecule has 0 amide bonds. The zero-order valence-corrected chi connectivity index (χ0v) is 9.37. The summed E-state index contributed by atoms with van der Waals surface area (Å²) in [6.07, 6.45) is 0. The SMILES string of the molecule is N#Cc1cc(Cl)nc(NN2CCOCC2)c1. The number of hydrogen-bond donors (Lipinski definition) is 1. The van der Waals surface area contributed by atoms with Crippen LogP contribution in [0.15, 0.2) is 12.1 Å². The molecule has 0 bridgehead atoms. The first kappa shape index (κ1) is 11.1. The second-order valence-electron chi connectivity index (χ2n) is 3.39. The van der Waals surface area contributed by atoms with E-state index in [1.165, 1.54) is 6.07 Å². The van der Waals surface area contributed by atoms with Gasteiger partial charge in [0.2, 0.25) is 0 Å². The van der Waals surface area contributed by atoms with E-state index in [0.717, 1.165) is 13.1 Å². The number of halogens is 1. The number of anilines is 1. The van der Waals surface area contributed by atoms with Crippen LogP contribution in [0.3, 0.4) is 0 Å². The highest BCUT2D eigenvalue weighted by atomic mass is 35.5. The van der Waals surface area contributed by atoms with Gasteiger partial charge in [0.1, 0.15) is 11.0 Å². The maximum absolute atomic E-state index is 8.79. The maximum Gasteiger partial charge on any atom is 0.143 e. The number of nitriles is 1. The summed E-state index contributed by atoms with van der Waals surface area (Å²) in [4.78, 5) is 4.10. The average molecular weight is 239 g/mol. The number of rotatable bonds is 2. The lowest BCUT2D eigenvalue weighted by atomic mass is 10.3. The Morgan fingerprint density at radius 1 is 1.44 bits per heavy atom. The second kappa shape index (κ2) is 5.12. The van der Waals surface area contributed by atoms with E-state index in [1.807, 2.05) is 11.1 Å².